The largest absolute Gasteiger partial charge is 0.462 e. The fourth-order valence-electron chi connectivity index (χ4n) is 2.90. The minimum absolute atomic E-state index is 0.00504. The lowest BCUT2D eigenvalue weighted by Crippen LogP contribution is -2.91. The number of aromatic amines is 1. The summed E-state index contributed by atoms with van der Waals surface area (Å²) in [5.41, 5.74) is 2.31. The van der Waals surface area contributed by atoms with E-state index in [1.54, 1.807) is 32.1 Å². The first kappa shape index (κ1) is 18.4. The van der Waals surface area contributed by atoms with Crippen LogP contribution in [0.15, 0.2) is 17.5 Å². The molecule has 2 aromatic heterocycles. The Hall–Kier alpha value is -1.92. The van der Waals surface area contributed by atoms with Crippen LogP contribution in [0.3, 0.4) is 0 Å². The fraction of sp³-hybridized carbons (Fsp3) is 0.444. The van der Waals surface area contributed by atoms with Crippen molar-refractivity contribution in [3.05, 3.63) is 44.9 Å². The third kappa shape index (κ3) is 3.76. The van der Waals surface area contributed by atoms with Crippen LogP contribution in [0.2, 0.25) is 0 Å². The van der Waals surface area contributed by atoms with E-state index in [0.717, 1.165) is 0 Å². The first-order valence-corrected chi connectivity index (χ1v) is 9.03. The SMILES string of the molecule is CCOC(=O)c1c(C)[nH]c(C(=O)[C@H](C)[NH2+][C@@H](C)c2cccs2)c1C. The predicted octanol–water partition coefficient (Wildman–Crippen LogP) is 2.77. The van der Waals surface area contributed by atoms with E-state index in [-0.39, 0.29) is 23.8 Å². The van der Waals surface area contributed by atoms with Crippen LogP contribution < -0.4 is 5.32 Å². The van der Waals surface area contributed by atoms with Gasteiger partial charge in [-0.2, -0.15) is 0 Å². The van der Waals surface area contributed by atoms with Crippen molar-refractivity contribution in [2.24, 2.45) is 0 Å². The standard InChI is InChI=1S/C18H24N2O3S/c1-6-23-18(22)15-10(2)16(20-12(15)4)17(21)13(5)19-11(3)14-8-7-9-24-14/h7-9,11,13,19-20H,6H2,1-5H3/p+1/t11-,13-/m0/s1. The van der Waals surface area contributed by atoms with Crippen molar-refractivity contribution in [3.63, 3.8) is 0 Å². The van der Waals surface area contributed by atoms with Crippen molar-refractivity contribution >= 4 is 23.1 Å². The molecule has 2 atom stereocenters. The van der Waals surface area contributed by atoms with Crippen LogP contribution >= 0.6 is 11.3 Å². The summed E-state index contributed by atoms with van der Waals surface area (Å²) in [5, 5.41) is 4.09. The number of aryl methyl sites for hydroxylation is 1. The van der Waals surface area contributed by atoms with Crippen LogP contribution in [0.1, 0.15) is 63.8 Å². The molecule has 0 aliphatic rings. The number of ketones is 1. The van der Waals surface area contributed by atoms with Crippen molar-refractivity contribution in [1.82, 2.24) is 4.98 Å². The van der Waals surface area contributed by atoms with Crippen LogP contribution in [0.4, 0.5) is 0 Å². The Kier molecular flexibility index (Phi) is 5.96. The van der Waals surface area contributed by atoms with E-state index in [9.17, 15) is 9.59 Å². The van der Waals surface area contributed by atoms with E-state index in [1.165, 1.54) is 4.88 Å². The Morgan fingerprint density at radius 1 is 1.33 bits per heavy atom. The van der Waals surface area contributed by atoms with E-state index in [2.05, 4.69) is 18.0 Å². The van der Waals surface area contributed by atoms with Gasteiger partial charge in [0.1, 0.15) is 12.1 Å². The van der Waals surface area contributed by atoms with Gasteiger partial charge in [0.15, 0.2) is 0 Å². The number of carbonyl (C=O) groups excluding carboxylic acids is 2. The number of hydrogen-bond acceptors (Lipinski definition) is 4. The van der Waals surface area contributed by atoms with Gasteiger partial charge < -0.3 is 15.0 Å². The van der Waals surface area contributed by atoms with Gasteiger partial charge in [0, 0.05) is 5.69 Å². The molecule has 2 heterocycles. The zero-order chi connectivity index (χ0) is 17.9. The molecule has 0 aliphatic heterocycles. The molecule has 0 aliphatic carbocycles. The number of nitrogens with two attached hydrogens (primary N) is 1. The van der Waals surface area contributed by atoms with E-state index < -0.39 is 0 Å². The number of aromatic nitrogens is 1. The van der Waals surface area contributed by atoms with Gasteiger partial charge in [-0.1, -0.05) is 6.07 Å². The molecule has 0 fully saturated rings. The second-order valence-corrected chi connectivity index (χ2v) is 6.97. The molecule has 0 bridgehead atoms. The Bertz CT molecular complexity index is 719. The summed E-state index contributed by atoms with van der Waals surface area (Å²) < 4.78 is 5.08. The van der Waals surface area contributed by atoms with Crippen LogP contribution in [-0.4, -0.2) is 29.4 Å². The Morgan fingerprint density at radius 2 is 2.04 bits per heavy atom. The third-order valence-electron chi connectivity index (χ3n) is 4.15. The monoisotopic (exact) mass is 349 g/mol. The first-order chi connectivity index (χ1) is 11.4. The van der Waals surface area contributed by atoms with Gasteiger partial charge in [-0.15, -0.1) is 11.3 Å². The van der Waals surface area contributed by atoms with Gasteiger partial charge in [0.2, 0.25) is 5.78 Å². The zero-order valence-electron chi connectivity index (χ0n) is 14.8. The molecule has 6 heteroatoms. The molecule has 24 heavy (non-hydrogen) atoms. The predicted molar refractivity (Wildman–Crippen MR) is 94.7 cm³/mol. The van der Waals surface area contributed by atoms with Crippen molar-refractivity contribution in [2.75, 3.05) is 6.61 Å². The molecule has 0 amide bonds. The van der Waals surface area contributed by atoms with Gasteiger partial charge in [-0.3, -0.25) is 4.79 Å². The van der Waals surface area contributed by atoms with Crippen molar-refractivity contribution in [1.29, 1.82) is 0 Å². The lowest BCUT2D eigenvalue weighted by atomic mass is 10.0. The summed E-state index contributed by atoms with van der Waals surface area (Å²) in [7, 11) is 0. The topological polar surface area (TPSA) is 75.8 Å². The lowest BCUT2D eigenvalue weighted by molar-refractivity contribution is -0.708. The molecule has 2 aromatic rings. The maximum atomic E-state index is 12.8. The Labute approximate surface area is 146 Å². The molecule has 0 aromatic carbocycles. The average molecular weight is 349 g/mol. The maximum Gasteiger partial charge on any atom is 0.340 e. The minimum atomic E-state index is -0.383. The summed E-state index contributed by atoms with van der Waals surface area (Å²) in [6.45, 7) is 9.65. The molecule has 0 spiro atoms. The van der Waals surface area contributed by atoms with Gasteiger partial charge in [-0.25, -0.2) is 4.79 Å². The highest BCUT2D eigenvalue weighted by Crippen LogP contribution is 2.20. The molecule has 2 rings (SSSR count). The molecular weight excluding hydrogens is 324 g/mol. The smallest absolute Gasteiger partial charge is 0.340 e. The molecule has 0 saturated carbocycles. The van der Waals surface area contributed by atoms with Crippen molar-refractivity contribution < 1.29 is 19.6 Å². The molecule has 0 radical (unpaired) electrons. The van der Waals surface area contributed by atoms with Crippen LogP contribution in [0.25, 0.3) is 0 Å². The number of hydrogen-bond donors (Lipinski definition) is 2. The second-order valence-electron chi connectivity index (χ2n) is 5.99. The second kappa shape index (κ2) is 7.77. The normalized spacial score (nSPS) is 13.5. The number of quaternary nitrogens is 1. The molecule has 0 unspecified atom stereocenters. The number of carbonyl (C=O) groups is 2. The first-order valence-electron chi connectivity index (χ1n) is 8.15. The number of rotatable bonds is 7. The van der Waals surface area contributed by atoms with E-state index in [4.69, 9.17) is 4.74 Å². The third-order valence-corrected chi connectivity index (χ3v) is 5.22. The van der Waals surface area contributed by atoms with Gasteiger partial charge in [0.25, 0.3) is 0 Å². The number of ether oxygens (including phenoxy) is 1. The van der Waals surface area contributed by atoms with Crippen molar-refractivity contribution in [3.8, 4) is 0 Å². The van der Waals surface area contributed by atoms with Crippen LogP contribution in [-0.2, 0) is 4.74 Å². The number of esters is 1. The van der Waals surface area contributed by atoms with E-state index in [1.807, 2.05) is 23.7 Å². The highest BCUT2D eigenvalue weighted by molar-refractivity contribution is 7.10. The molecule has 3 N–H and O–H groups in total. The summed E-state index contributed by atoms with van der Waals surface area (Å²) in [4.78, 5) is 29.2. The highest BCUT2D eigenvalue weighted by Gasteiger charge is 2.28. The van der Waals surface area contributed by atoms with Gasteiger partial charge >= 0.3 is 5.97 Å². The van der Waals surface area contributed by atoms with Crippen molar-refractivity contribution in [2.45, 2.75) is 46.7 Å². The molecular formula is C18H25N2O3S+. The van der Waals surface area contributed by atoms with Gasteiger partial charge in [-0.05, 0) is 51.6 Å². The van der Waals surface area contributed by atoms with Gasteiger partial charge in [0.05, 0.1) is 22.7 Å². The molecule has 130 valence electrons. The summed E-state index contributed by atoms with van der Waals surface area (Å²) >= 11 is 1.69. The molecule has 0 saturated heterocycles. The number of Topliss-reactive ketones (excluding diaryl/α,β-unsaturated/α-hetero) is 1. The zero-order valence-corrected chi connectivity index (χ0v) is 15.6. The summed E-state index contributed by atoms with van der Waals surface area (Å²) in [6.07, 6.45) is 0. The van der Waals surface area contributed by atoms with Crippen LogP contribution in [0, 0.1) is 13.8 Å². The van der Waals surface area contributed by atoms with E-state index in [0.29, 0.717) is 29.1 Å². The minimum Gasteiger partial charge on any atom is -0.462 e. The Balaban J connectivity index is 2.17. The average Bonchev–Trinajstić information content (AvgIpc) is 3.15. The van der Waals surface area contributed by atoms with Crippen LogP contribution in [0.5, 0.6) is 0 Å². The lowest BCUT2D eigenvalue weighted by Gasteiger charge is -2.14. The number of H-pyrrole nitrogens is 1. The molecule has 5 nitrogen and oxygen atoms in total. The number of nitrogens with one attached hydrogen (secondary N) is 1. The highest BCUT2D eigenvalue weighted by atomic mass is 32.1. The maximum absolute atomic E-state index is 12.8. The fourth-order valence-corrected chi connectivity index (χ4v) is 3.66. The Morgan fingerprint density at radius 3 is 2.62 bits per heavy atom. The van der Waals surface area contributed by atoms with E-state index >= 15 is 0 Å². The quantitative estimate of drug-likeness (QED) is 0.596. The number of thiophene rings is 1. The summed E-state index contributed by atoms with van der Waals surface area (Å²) in [5.74, 6) is -0.388. The summed E-state index contributed by atoms with van der Waals surface area (Å²) in [6, 6.07) is 4.06.